The van der Waals surface area contributed by atoms with Crippen LogP contribution in [0.1, 0.15) is 46.7 Å². The molecular weight excluding hydrogens is 560 g/mol. The fraction of sp³-hybridized carbons (Fsp3) is 0.294. The van der Waals surface area contributed by atoms with Gasteiger partial charge in [0.1, 0.15) is 0 Å². The van der Waals surface area contributed by atoms with Crippen LogP contribution in [0.15, 0.2) is 95.9 Å². The van der Waals surface area contributed by atoms with Gasteiger partial charge in [0.05, 0.1) is 10.9 Å². The van der Waals surface area contributed by atoms with E-state index in [2.05, 4.69) is 27.5 Å². The number of aryl methyl sites for hydroxylation is 1. The molecule has 2 aliphatic rings. The number of hydrogen-bond donors (Lipinski definition) is 3. The van der Waals surface area contributed by atoms with Gasteiger partial charge >= 0.3 is 0 Å². The van der Waals surface area contributed by atoms with E-state index >= 15 is 0 Å². The first kappa shape index (κ1) is 29.0. The van der Waals surface area contributed by atoms with Crippen molar-refractivity contribution in [1.82, 2.24) is 14.9 Å². The summed E-state index contributed by atoms with van der Waals surface area (Å²) < 4.78 is 30.1. The van der Waals surface area contributed by atoms with Crippen molar-refractivity contribution < 1.29 is 18.0 Å². The third-order valence-electron chi connectivity index (χ3n) is 8.64. The third kappa shape index (κ3) is 6.20. The van der Waals surface area contributed by atoms with E-state index in [9.17, 15) is 18.0 Å². The highest BCUT2D eigenvalue weighted by atomic mass is 32.2. The lowest BCUT2D eigenvalue weighted by Gasteiger charge is -2.33. The van der Waals surface area contributed by atoms with Crippen molar-refractivity contribution in [2.24, 2.45) is 0 Å². The Morgan fingerprint density at radius 1 is 0.837 bits per heavy atom. The average Bonchev–Trinajstić information content (AvgIpc) is 3.52. The summed E-state index contributed by atoms with van der Waals surface area (Å²) in [6.07, 6.45) is 1.86. The Kier molecular flexibility index (Phi) is 8.30. The molecular formula is C34H36N4O4S. The number of carbonyl (C=O) groups excluding carboxylic acids is 2. The Bertz CT molecular complexity index is 1750. The molecule has 2 unspecified atom stereocenters. The number of piperidine rings is 1. The second-order valence-electron chi connectivity index (χ2n) is 11.5. The SMILES string of the molecule is Cc1ccccc1C(=O)Nc1ccc(S(=O)(=O)NC2CCN(C(=O)C3CC(c4ccccc4)CN3)CC2)c2ccccc12. The topological polar surface area (TPSA) is 108 Å². The summed E-state index contributed by atoms with van der Waals surface area (Å²) >= 11 is 0. The number of nitrogens with zero attached hydrogens (tertiary/aromatic N) is 1. The van der Waals surface area contributed by atoms with E-state index in [1.807, 2.05) is 60.4 Å². The lowest BCUT2D eigenvalue weighted by atomic mass is 9.95. The van der Waals surface area contributed by atoms with Crippen LogP contribution in [0.3, 0.4) is 0 Å². The zero-order chi connectivity index (χ0) is 30.0. The highest BCUT2D eigenvalue weighted by Gasteiger charge is 2.35. The lowest BCUT2D eigenvalue weighted by molar-refractivity contribution is -0.134. The number of rotatable bonds is 7. The quantitative estimate of drug-likeness (QED) is 0.284. The average molecular weight is 597 g/mol. The second-order valence-corrected chi connectivity index (χ2v) is 13.1. The summed E-state index contributed by atoms with van der Waals surface area (Å²) in [6.45, 7) is 3.66. The van der Waals surface area contributed by atoms with Gasteiger partial charge in [-0.2, -0.15) is 0 Å². The van der Waals surface area contributed by atoms with Crippen LogP contribution < -0.4 is 15.4 Å². The monoisotopic (exact) mass is 596 g/mol. The molecule has 0 bridgehead atoms. The van der Waals surface area contributed by atoms with E-state index in [0.717, 1.165) is 18.5 Å². The van der Waals surface area contributed by atoms with E-state index in [1.54, 1.807) is 30.3 Å². The maximum Gasteiger partial charge on any atom is 0.255 e. The number of carbonyl (C=O) groups is 2. The predicted octanol–water partition coefficient (Wildman–Crippen LogP) is 4.82. The molecule has 4 aromatic rings. The summed E-state index contributed by atoms with van der Waals surface area (Å²) in [5, 5.41) is 7.52. The number of sulfonamides is 1. The molecule has 4 aromatic carbocycles. The summed E-state index contributed by atoms with van der Waals surface area (Å²) in [7, 11) is -3.86. The van der Waals surface area contributed by atoms with Crippen molar-refractivity contribution >= 4 is 38.3 Å². The van der Waals surface area contributed by atoms with E-state index in [-0.39, 0.29) is 28.8 Å². The summed E-state index contributed by atoms with van der Waals surface area (Å²) in [5.74, 6) is 0.159. The molecule has 3 N–H and O–H groups in total. The van der Waals surface area contributed by atoms with E-state index in [4.69, 9.17) is 0 Å². The minimum atomic E-state index is -3.86. The normalized spacial score (nSPS) is 19.4. The van der Waals surface area contributed by atoms with Gasteiger partial charge in [-0.05, 0) is 61.4 Å². The summed E-state index contributed by atoms with van der Waals surface area (Å²) in [6, 6.07) is 27.5. The smallest absolute Gasteiger partial charge is 0.255 e. The minimum Gasteiger partial charge on any atom is -0.341 e. The Balaban J connectivity index is 1.10. The molecule has 0 aliphatic carbocycles. The van der Waals surface area contributed by atoms with Gasteiger partial charge in [0, 0.05) is 47.7 Å². The first-order valence-electron chi connectivity index (χ1n) is 14.8. The van der Waals surface area contributed by atoms with Crippen molar-refractivity contribution in [2.45, 2.75) is 49.1 Å². The van der Waals surface area contributed by atoms with Gasteiger partial charge in [0.2, 0.25) is 15.9 Å². The number of likely N-dealkylation sites (tertiary alicyclic amines) is 1. The van der Waals surface area contributed by atoms with Crippen molar-refractivity contribution in [3.05, 3.63) is 108 Å². The molecule has 0 saturated carbocycles. The largest absolute Gasteiger partial charge is 0.341 e. The maximum absolute atomic E-state index is 13.6. The molecule has 0 spiro atoms. The molecule has 8 nitrogen and oxygen atoms in total. The number of fused-ring (bicyclic) bond motifs is 1. The van der Waals surface area contributed by atoms with Crippen molar-refractivity contribution in [2.75, 3.05) is 25.0 Å². The molecule has 43 heavy (non-hydrogen) atoms. The third-order valence-corrected chi connectivity index (χ3v) is 10.2. The number of anilines is 1. The molecule has 2 atom stereocenters. The molecule has 9 heteroatoms. The number of amides is 2. The van der Waals surface area contributed by atoms with Crippen molar-refractivity contribution in [3.63, 3.8) is 0 Å². The predicted molar refractivity (Wildman–Crippen MR) is 169 cm³/mol. The minimum absolute atomic E-state index is 0.0917. The van der Waals surface area contributed by atoms with Crippen molar-refractivity contribution in [1.29, 1.82) is 0 Å². The van der Waals surface area contributed by atoms with Crippen LogP contribution in [0.25, 0.3) is 10.8 Å². The van der Waals surface area contributed by atoms with E-state index in [0.29, 0.717) is 53.9 Å². The van der Waals surface area contributed by atoms with Crippen LogP contribution >= 0.6 is 0 Å². The molecule has 222 valence electrons. The van der Waals surface area contributed by atoms with Gasteiger partial charge in [0.25, 0.3) is 5.91 Å². The fourth-order valence-corrected chi connectivity index (χ4v) is 7.77. The van der Waals surface area contributed by atoms with Gasteiger partial charge in [-0.3, -0.25) is 9.59 Å². The zero-order valence-corrected chi connectivity index (χ0v) is 24.9. The summed E-state index contributed by atoms with van der Waals surface area (Å²) in [5.41, 5.74) is 3.21. The number of benzene rings is 4. The Labute approximate surface area is 252 Å². The van der Waals surface area contributed by atoms with Gasteiger partial charge < -0.3 is 15.5 Å². The number of nitrogens with one attached hydrogen (secondary N) is 3. The Morgan fingerprint density at radius 2 is 1.51 bits per heavy atom. The molecule has 2 fully saturated rings. The fourth-order valence-electron chi connectivity index (χ4n) is 6.26. The summed E-state index contributed by atoms with van der Waals surface area (Å²) in [4.78, 5) is 28.3. The van der Waals surface area contributed by atoms with Gasteiger partial charge in [-0.1, -0.05) is 72.8 Å². The van der Waals surface area contributed by atoms with Gasteiger partial charge in [-0.15, -0.1) is 0 Å². The second kappa shape index (κ2) is 12.3. The highest BCUT2D eigenvalue weighted by Crippen LogP contribution is 2.31. The number of hydrogen-bond acceptors (Lipinski definition) is 5. The van der Waals surface area contributed by atoms with Crippen LogP contribution in [-0.2, 0) is 14.8 Å². The van der Waals surface area contributed by atoms with Crippen LogP contribution in [-0.4, -0.2) is 56.9 Å². The van der Waals surface area contributed by atoms with Gasteiger partial charge in [-0.25, -0.2) is 13.1 Å². The first-order chi connectivity index (χ1) is 20.8. The molecule has 2 aliphatic heterocycles. The molecule has 6 rings (SSSR count). The van der Waals surface area contributed by atoms with Crippen LogP contribution in [0.2, 0.25) is 0 Å². The molecule has 0 aromatic heterocycles. The molecule has 2 amide bonds. The van der Waals surface area contributed by atoms with Crippen LogP contribution in [0, 0.1) is 6.92 Å². The molecule has 2 saturated heterocycles. The first-order valence-corrected chi connectivity index (χ1v) is 16.3. The Hall–Kier alpha value is -4.05. The van der Waals surface area contributed by atoms with Gasteiger partial charge in [0.15, 0.2) is 0 Å². The zero-order valence-electron chi connectivity index (χ0n) is 24.1. The van der Waals surface area contributed by atoms with Crippen LogP contribution in [0.4, 0.5) is 5.69 Å². The lowest BCUT2D eigenvalue weighted by Crippen LogP contribution is -2.50. The standard InChI is InChI=1S/C34H36N4O4S/c1-23-9-5-6-12-27(23)33(39)36-30-15-16-32(29-14-8-7-13-28(29)30)43(41,42)37-26-17-19-38(20-18-26)34(40)31-21-25(22-35-31)24-10-3-2-4-11-24/h2-16,25-26,31,35,37H,17-22H2,1H3,(H,36,39). The highest BCUT2D eigenvalue weighted by molar-refractivity contribution is 7.89. The molecule has 2 heterocycles. The van der Waals surface area contributed by atoms with Crippen LogP contribution in [0.5, 0.6) is 0 Å². The maximum atomic E-state index is 13.6. The van der Waals surface area contributed by atoms with E-state index in [1.165, 1.54) is 5.56 Å². The van der Waals surface area contributed by atoms with Crippen molar-refractivity contribution in [3.8, 4) is 0 Å². The Morgan fingerprint density at radius 3 is 2.26 bits per heavy atom. The van der Waals surface area contributed by atoms with E-state index < -0.39 is 10.0 Å². The molecule has 0 radical (unpaired) electrons.